The predicted molar refractivity (Wildman–Crippen MR) is 67.9 cm³/mol. The van der Waals surface area contributed by atoms with Crippen LogP contribution in [0.1, 0.15) is 41.5 Å². The smallest absolute Gasteiger partial charge is 1.00 e. The van der Waals surface area contributed by atoms with Gasteiger partial charge in [-0.05, 0) is 13.3 Å². The molecule has 19 heavy (non-hydrogen) atoms. The van der Waals surface area contributed by atoms with Crippen LogP contribution in [-0.2, 0) is 23.1 Å². The Morgan fingerprint density at radius 3 is 2.47 bits per heavy atom. The fourth-order valence-corrected chi connectivity index (χ4v) is 1.81. The molecule has 8 heteroatoms. The Hall–Kier alpha value is 0.320. The molecule has 0 aromatic carbocycles. The molecular weight excluding hydrogens is 282 g/mol. The zero-order valence-corrected chi connectivity index (χ0v) is 14.9. The van der Waals surface area contributed by atoms with Crippen molar-refractivity contribution in [1.29, 1.82) is 0 Å². The standard InChI is InChI=1S/C11H21O6P.Na.H/c1-5-7-8-15-18(13,14)17-10(6-2)16-11(12)9(3)4;;/h10H,3,5-8H2,1-2,4H3,(H,13,14);;/q;+1;-1. The van der Waals surface area contributed by atoms with Crippen molar-refractivity contribution in [1.82, 2.24) is 0 Å². The van der Waals surface area contributed by atoms with E-state index in [1.165, 1.54) is 6.92 Å². The van der Waals surface area contributed by atoms with E-state index in [1.54, 1.807) is 6.92 Å². The summed E-state index contributed by atoms with van der Waals surface area (Å²) in [4.78, 5) is 20.6. The van der Waals surface area contributed by atoms with Crippen LogP contribution in [-0.4, -0.2) is 23.8 Å². The van der Waals surface area contributed by atoms with Gasteiger partial charge in [-0.2, -0.15) is 0 Å². The molecule has 0 aliphatic rings. The summed E-state index contributed by atoms with van der Waals surface area (Å²) in [5.41, 5.74) is 0.191. The maximum absolute atomic E-state index is 11.5. The van der Waals surface area contributed by atoms with Gasteiger partial charge in [-0.3, -0.25) is 4.52 Å². The number of phosphoric ester groups is 1. The molecule has 0 radical (unpaired) electrons. The van der Waals surface area contributed by atoms with Crippen molar-refractivity contribution in [3.63, 3.8) is 0 Å². The Morgan fingerprint density at radius 1 is 1.47 bits per heavy atom. The Morgan fingerprint density at radius 2 is 2.05 bits per heavy atom. The van der Waals surface area contributed by atoms with E-state index in [2.05, 4.69) is 6.58 Å². The van der Waals surface area contributed by atoms with Gasteiger partial charge in [0, 0.05) is 12.0 Å². The number of esters is 1. The first kappa shape index (κ1) is 21.6. The van der Waals surface area contributed by atoms with Crippen LogP contribution in [0.3, 0.4) is 0 Å². The largest absolute Gasteiger partial charge is 1.00 e. The molecule has 0 rings (SSSR count). The van der Waals surface area contributed by atoms with E-state index >= 15 is 0 Å². The van der Waals surface area contributed by atoms with Crippen molar-refractivity contribution in [2.24, 2.45) is 0 Å². The Labute approximate surface area is 137 Å². The first-order chi connectivity index (χ1) is 8.32. The van der Waals surface area contributed by atoms with E-state index in [4.69, 9.17) is 13.8 Å². The van der Waals surface area contributed by atoms with Gasteiger partial charge in [0.1, 0.15) is 0 Å². The average Bonchev–Trinajstić information content (AvgIpc) is 2.27. The van der Waals surface area contributed by atoms with Crippen LogP contribution in [0, 0.1) is 0 Å². The molecule has 1 N–H and O–H groups in total. The molecule has 0 aromatic rings. The van der Waals surface area contributed by atoms with Crippen molar-refractivity contribution < 1.29 is 59.0 Å². The summed E-state index contributed by atoms with van der Waals surface area (Å²) >= 11 is 0. The molecule has 2 unspecified atom stereocenters. The second-order valence-corrected chi connectivity index (χ2v) is 5.19. The number of rotatable bonds is 9. The monoisotopic (exact) mass is 304 g/mol. The van der Waals surface area contributed by atoms with Gasteiger partial charge in [-0.15, -0.1) is 0 Å². The summed E-state index contributed by atoms with van der Waals surface area (Å²) in [7, 11) is -4.19. The molecular formula is C11H22NaO6P. The molecule has 108 valence electrons. The fraction of sp³-hybridized carbons (Fsp3) is 0.727. The molecule has 2 atom stereocenters. The number of unbranched alkanes of at least 4 members (excludes halogenated alkanes) is 1. The molecule has 0 spiro atoms. The number of ether oxygens (including phenoxy) is 1. The number of phosphoric acid groups is 1. The van der Waals surface area contributed by atoms with Crippen LogP contribution in [0.15, 0.2) is 12.2 Å². The van der Waals surface area contributed by atoms with E-state index in [9.17, 15) is 14.3 Å². The Bertz CT molecular complexity index is 339. The second kappa shape index (κ2) is 11.0. The maximum atomic E-state index is 11.5. The third-order valence-corrected chi connectivity index (χ3v) is 2.93. The number of hydrogen-bond donors (Lipinski definition) is 1. The molecule has 0 aromatic heterocycles. The fourth-order valence-electron chi connectivity index (χ4n) is 0.903. The topological polar surface area (TPSA) is 82.1 Å². The minimum Gasteiger partial charge on any atom is -1.00 e. The van der Waals surface area contributed by atoms with Crippen LogP contribution in [0.4, 0.5) is 0 Å². The third kappa shape index (κ3) is 10.7. The van der Waals surface area contributed by atoms with Crippen LogP contribution in [0.5, 0.6) is 0 Å². The van der Waals surface area contributed by atoms with E-state index < -0.39 is 20.1 Å². The number of carbonyl (C=O) groups is 1. The Kier molecular flexibility index (Phi) is 12.5. The van der Waals surface area contributed by atoms with Crippen molar-refractivity contribution in [3.05, 3.63) is 12.2 Å². The Balaban J connectivity index is -0.00000144. The van der Waals surface area contributed by atoms with Gasteiger partial charge in [-0.25, -0.2) is 13.9 Å². The van der Waals surface area contributed by atoms with Gasteiger partial charge < -0.3 is 11.1 Å². The van der Waals surface area contributed by atoms with Crippen LogP contribution in [0.2, 0.25) is 0 Å². The van der Waals surface area contributed by atoms with Crippen LogP contribution < -0.4 is 29.6 Å². The van der Waals surface area contributed by atoms with E-state index in [0.717, 1.165) is 6.42 Å². The quantitative estimate of drug-likeness (QED) is 0.160. The van der Waals surface area contributed by atoms with E-state index in [1.807, 2.05) is 6.92 Å². The van der Waals surface area contributed by atoms with Gasteiger partial charge in [0.05, 0.1) is 6.61 Å². The van der Waals surface area contributed by atoms with Gasteiger partial charge >= 0.3 is 43.3 Å². The van der Waals surface area contributed by atoms with Crippen molar-refractivity contribution in [2.45, 2.75) is 46.3 Å². The molecule has 0 aliphatic heterocycles. The molecule has 0 saturated heterocycles. The minimum atomic E-state index is -4.19. The van der Waals surface area contributed by atoms with Crippen molar-refractivity contribution in [2.75, 3.05) is 6.61 Å². The summed E-state index contributed by atoms with van der Waals surface area (Å²) in [5, 5.41) is 0. The van der Waals surface area contributed by atoms with E-state index in [0.29, 0.717) is 6.42 Å². The summed E-state index contributed by atoms with van der Waals surface area (Å²) in [6.45, 7) is 8.59. The van der Waals surface area contributed by atoms with Crippen molar-refractivity contribution in [3.8, 4) is 0 Å². The van der Waals surface area contributed by atoms with Gasteiger partial charge in [-0.1, -0.05) is 26.8 Å². The molecule has 0 saturated carbocycles. The van der Waals surface area contributed by atoms with Crippen molar-refractivity contribution >= 4 is 13.8 Å². The molecule has 0 bridgehead atoms. The zero-order valence-electron chi connectivity index (χ0n) is 13.0. The number of carbonyl (C=O) groups excluding carboxylic acids is 1. The average molecular weight is 304 g/mol. The first-order valence-electron chi connectivity index (χ1n) is 5.84. The first-order valence-corrected chi connectivity index (χ1v) is 7.34. The van der Waals surface area contributed by atoms with E-state index in [-0.39, 0.29) is 49.6 Å². The molecule has 0 fully saturated rings. The molecule has 0 amide bonds. The van der Waals surface area contributed by atoms with Gasteiger partial charge in [0.25, 0.3) is 0 Å². The summed E-state index contributed by atoms with van der Waals surface area (Å²) in [6, 6.07) is 0. The SMILES string of the molecule is C=C(C)C(=O)OC(CC)OP(=O)(O)OCCCC.[H-].[Na+]. The summed E-state index contributed by atoms with van der Waals surface area (Å²) < 4.78 is 25.8. The van der Waals surface area contributed by atoms with Crippen LogP contribution in [0.25, 0.3) is 0 Å². The summed E-state index contributed by atoms with van der Waals surface area (Å²) in [6.07, 6.45) is 0.602. The molecule has 6 nitrogen and oxygen atoms in total. The molecule has 0 aliphatic carbocycles. The van der Waals surface area contributed by atoms with Crippen LogP contribution >= 0.6 is 7.82 Å². The number of hydrogen-bond acceptors (Lipinski definition) is 5. The summed E-state index contributed by atoms with van der Waals surface area (Å²) in [5.74, 6) is -0.671. The van der Waals surface area contributed by atoms with Gasteiger partial charge in [0.2, 0.25) is 6.29 Å². The third-order valence-electron chi connectivity index (χ3n) is 1.92. The second-order valence-electron chi connectivity index (χ2n) is 3.78. The zero-order chi connectivity index (χ0) is 14.2. The maximum Gasteiger partial charge on any atom is 1.00 e. The minimum absolute atomic E-state index is 0. The predicted octanol–water partition coefficient (Wildman–Crippen LogP) is -0.108. The van der Waals surface area contributed by atoms with Gasteiger partial charge in [0.15, 0.2) is 0 Å². The molecule has 0 heterocycles. The normalized spacial score (nSPS) is 14.9.